The maximum Gasteiger partial charge on any atom is 0.160 e. The molecule has 0 radical (unpaired) electrons. The fraction of sp³-hybridized carbons (Fsp3) is 0.800. The van der Waals surface area contributed by atoms with Gasteiger partial charge in [0.25, 0.3) is 0 Å². The predicted molar refractivity (Wildman–Crippen MR) is 29.6 cm³/mol. The molecule has 2 unspecified atom stereocenters. The normalized spacial score (nSPS) is 37.0. The van der Waals surface area contributed by atoms with Crippen LogP contribution in [0.15, 0.2) is 0 Å². The maximum atomic E-state index is 8.28. The van der Waals surface area contributed by atoms with E-state index in [1.54, 1.807) is 0 Å². The number of nitriles is 1. The first-order valence-electron chi connectivity index (χ1n) is 2.50. The van der Waals surface area contributed by atoms with Gasteiger partial charge in [0, 0.05) is 6.61 Å². The average molecular weight is 132 g/mol. The zero-order valence-corrected chi connectivity index (χ0v) is 5.06. The van der Waals surface area contributed by atoms with Crippen molar-refractivity contribution >= 4 is 11.6 Å². The fourth-order valence-corrected chi connectivity index (χ4v) is 0.900. The van der Waals surface area contributed by atoms with E-state index in [9.17, 15) is 0 Å². The van der Waals surface area contributed by atoms with Gasteiger partial charge in [-0.25, -0.2) is 0 Å². The van der Waals surface area contributed by atoms with Gasteiger partial charge in [-0.3, -0.25) is 0 Å². The molecule has 1 saturated heterocycles. The first-order chi connectivity index (χ1) is 3.84. The van der Waals surface area contributed by atoms with E-state index in [-0.39, 0.29) is 11.5 Å². The molecule has 3 heteroatoms. The summed E-state index contributed by atoms with van der Waals surface area (Å²) in [5.41, 5.74) is 0. The van der Waals surface area contributed by atoms with Crippen molar-refractivity contribution in [1.29, 1.82) is 5.26 Å². The van der Waals surface area contributed by atoms with Crippen LogP contribution in [0.25, 0.3) is 0 Å². The Morgan fingerprint density at radius 1 is 1.75 bits per heavy atom. The van der Waals surface area contributed by atoms with Crippen LogP contribution in [0.3, 0.4) is 0 Å². The highest BCUT2D eigenvalue weighted by Crippen LogP contribution is 2.17. The molecule has 0 aromatic heterocycles. The molecule has 8 heavy (non-hydrogen) atoms. The molecule has 0 aromatic rings. The van der Waals surface area contributed by atoms with E-state index in [0.717, 1.165) is 6.42 Å². The summed E-state index contributed by atoms with van der Waals surface area (Å²) >= 11 is 5.63. The van der Waals surface area contributed by atoms with Crippen LogP contribution in [-0.4, -0.2) is 18.1 Å². The standard InChI is InChI=1S/C5H6ClNO/c6-4-1-2-8-5(4)3-7/h4-5H,1-2H2. The van der Waals surface area contributed by atoms with Crippen molar-refractivity contribution in [3.05, 3.63) is 0 Å². The largest absolute Gasteiger partial charge is 0.362 e. The van der Waals surface area contributed by atoms with Gasteiger partial charge < -0.3 is 4.74 Å². The van der Waals surface area contributed by atoms with E-state index in [1.165, 1.54) is 0 Å². The topological polar surface area (TPSA) is 33.0 Å². The van der Waals surface area contributed by atoms with E-state index in [0.29, 0.717) is 6.61 Å². The maximum absolute atomic E-state index is 8.28. The molecule has 0 spiro atoms. The zero-order valence-electron chi connectivity index (χ0n) is 4.30. The van der Waals surface area contributed by atoms with E-state index >= 15 is 0 Å². The van der Waals surface area contributed by atoms with Gasteiger partial charge >= 0.3 is 0 Å². The number of ether oxygens (including phenoxy) is 1. The summed E-state index contributed by atoms with van der Waals surface area (Å²) in [5, 5.41) is 8.19. The highest BCUT2D eigenvalue weighted by atomic mass is 35.5. The lowest BCUT2D eigenvalue weighted by Crippen LogP contribution is -2.11. The predicted octanol–water partition coefficient (Wildman–Crippen LogP) is 0.906. The summed E-state index contributed by atoms with van der Waals surface area (Å²) in [7, 11) is 0. The van der Waals surface area contributed by atoms with Gasteiger partial charge in [0.05, 0.1) is 11.4 Å². The lowest BCUT2D eigenvalue weighted by Gasteiger charge is -1.98. The summed E-state index contributed by atoms with van der Waals surface area (Å²) in [5.74, 6) is 0. The smallest absolute Gasteiger partial charge is 0.160 e. The molecule has 1 aliphatic rings. The third-order valence-corrected chi connectivity index (χ3v) is 1.59. The number of alkyl halides is 1. The average Bonchev–Trinajstić information content (AvgIpc) is 2.14. The van der Waals surface area contributed by atoms with Crippen LogP contribution in [-0.2, 0) is 4.74 Å². The minimum atomic E-state index is -0.364. The Morgan fingerprint density at radius 3 is 2.75 bits per heavy atom. The van der Waals surface area contributed by atoms with E-state index in [4.69, 9.17) is 21.6 Å². The molecule has 1 aliphatic heterocycles. The zero-order chi connectivity index (χ0) is 5.98. The van der Waals surface area contributed by atoms with E-state index in [1.807, 2.05) is 6.07 Å². The van der Waals surface area contributed by atoms with Crippen LogP contribution < -0.4 is 0 Å². The van der Waals surface area contributed by atoms with Gasteiger partial charge in [0.2, 0.25) is 0 Å². The van der Waals surface area contributed by atoms with Crippen molar-refractivity contribution in [2.75, 3.05) is 6.61 Å². The van der Waals surface area contributed by atoms with Crippen molar-refractivity contribution in [2.24, 2.45) is 0 Å². The highest BCUT2D eigenvalue weighted by Gasteiger charge is 2.25. The molecule has 44 valence electrons. The number of hydrogen-bond donors (Lipinski definition) is 0. The van der Waals surface area contributed by atoms with Gasteiger partial charge in [0.1, 0.15) is 0 Å². The van der Waals surface area contributed by atoms with E-state index < -0.39 is 0 Å². The second kappa shape index (κ2) is 2.34. The van der Waals surface area contributed by atoms with Gasteiger partial charge in [0.15, 0.2) is 6.10 Å². The van der Waals surface area contributed by atoms with Crippen molar-refractivity contribution in [2.45, 2.75) is 17.9 Å². The minimum Gasteiger partial charge on any atom is -0.362 e. The van der Waals surface area contributed by atoms with Crippen LogP contribution in [0.2, 0.25) is 0 Å². The van der Waals surface area contributed by atoms with Gasteiger partial charge in [-0.05, 0) is 6.42 Å². The summed E-state index contributed by atoms with van der Waals surface area (Å²) in [6.45, 7) is 0.631. The SMILES string of the molecule is N#CC1OCCC1Cl. The number of halogens is 1. The molecule has 2 nitrogen and oxygen atoms in total. The second-order valence-corrected chi connectivity index (χ2v) is 2.29. The molecule has 1 heterocycles. The summed E-state index contributed by atoms with van der Waals surface area (Å²) in [6, 6.07) is 1.96. The first-order valence-corrected chi connectivity index (χ1v) is 2.93. The Bertz CT molecular complexity index is 120. The van der Waals surface area contributed by atoms with Crippen LogP contribution in [0.5, 0.6) is 0 Å². The Hall–Kier alpha value is -0.260. The van der Waals surface area contributed by atoms with Crippen LogP contribution >= 0.6 is 11.6 Å². The highest BCUT2D eigenvalue weighted by molar-refractivity contribution is 6.21. The van der Waals surface area contributed by atoms with Crippen LogP contribution in [0.1, 0.15) is 6.42 Å². The molecule has 0 aliphatic carbocycles. The second-order valence-electron chi connectivity index (χ2n) is 1.73. The molecule has 0 amide bonds. The molecule has 0 saturated carbocycles. The van der Waals surface area contributed by atoms with Crippen molar-refractivity contribution in [3.63, 3.8) is 0 Å². The summed E-state index contributed by atoms with van der Waals surface area (Å²) < 4.78 is 4.92. The summed E-state index contributed by atoms with van der Waals surface area (Å²) in [4.78, 5) is 0. The molecule has 1 rings (SSSR count). The van der Waals surface area contributed by atoms with Crippen molar-refractivity contribution < 1.29 is 4.74 Å². The lowest BCUT2D eigenvalue weighted by atomic mass is 10.2. The lowest BCUT2D eigenvalue weighted by molar-refractivity contribution is 0.151. The van der Waals surface area contributed by atoms with Crippen molar-refractivity contribution in [3.8, 4) is 6.07 Å². The molecule has 0 N–H and O–H groups in total. The first kappa shape index (κ1) is 5.87. The van der Waals surface area contributed by atoms with Crippen LogP contribution in [0.4, 0.5) is 0 Å². The summed E-state index contributed by atoms with van der Waals surface area (Å²) in [6.07, 6.45) is 0.441. The third-order valence-electron chi connectivity index (χ3n) is 1.15. The molecule has 2 atom stereocenters. The van der Waals surface area contributed by atoms with Gasteiger partial charge in [-0.2, -0.15) is 5.26 Å². The number of nitrogens with zero attached hydrogens (tertiary/aromatic N) is 1. The van der Waals surface area contributed by atoms with Gasteiger partial charge in [-0.1, -0.05) is 0 Å². The number of hydrogen-bond acceptors (Lipinski definition) is 2. The Morgan fingerprint density at radius 2 is 2.50 bits per heavy atom. The molecule has 1 fully saturated rings. The van der Waals surface area contributed by atoms with E-state index in [2.05, 4.69) is 0 Å². The minimum absolute atomic E-state index is 0.0833. The number of rotatable bonds is 0. The van der Waals surface area contributed by atoms with Crippen LogP contribution in [0, 0.1) is 11.3 Å². The fourth-order valence-electron chi connectivity index (χ4n) is 0.682. The Kier molecular flexibility index (Phi) is 1.72. The monoisotopic (exact) mass is 131 g/mol. The van der Waals surface area contributed by atoms with Gasteiger partial charge in [-0.15, -0.1) is 11.6 Å². The third kappa shape index (κ3) is 0.936. The van der Waals surface area contributed by atoms with Crippen molar-refractivity contribution in [1.82, 2.24) is 0 Å². The molecular weight excluding hydrogens is 126 g/mol. The quantitative estimate of drug-likeness (QED) is 0.458. The molecular formula is C5H6ClNO. The molecule has 0 aromatic carbocycles. The Labute approximate surface area is 53.0 Å². The molecule has 0 bridgehead atoms. The Balaban J connectivity index is 2.45.